The molecule has 2 unspecified atom stereocenters. The Hall–Kier alpha value is -0.0800. The molecule has 2 atom stereocenters. The molecule has 1 heterocycles. The van der Waals surface area contributed by atoms with Gasteiger partial charge in [-0.1, -0.05) is 0 Å². The summed E-state index contributed by atoms with van der Waals surface area (Å²) >= 11 is 0. The molecule has 9 heavy (non-hydrogen) atoms. The predicted molar refractivity (Wildman–Crippen MR) is 36.7 cm³/mol. The first-order valence-corrected chi connectivity index (χ1v) is 3.66. The van der Waals surface area contributed by atoms with Crippen LogP contribution in [0.3, 0.4) is 0 Å². The topological polar surface area (TPSA) is 13.7 Å². The van der Waals surface area contributed by atoms with E-state index in [9.17, 15) is 0 Å². The van der Waals surface area contributed by atoms with Gasteiger partial charge >= 0.3 is 0 Å². The van der Waals surface area contributed by atoms with Gasteiger partial charge in [0.2, 0.25) is 0 Å². The van der Waals surface area contributed by atoms with Gasteiger partial charge in [-0.05, 0) is 0 Å². The monoisotopic (exact) mass is 130 g/mol. The van der Waals surface area contributed by atoms with Crippen LogP contribution in [0.2, 0.25) is 0 Å². The fourth-order valence-electron chi connectivity index (χ4n) is 1.50. The Bertz CT molecular complexity index is 85.0. The second-order valence-electron chi connectivity index (χ2n) is 2.89. The van der Waals surface area contributed by atoms with Gasteiger partial charge in [-0.15, -0.1) is 0 Å². The van der Waals surface area contributed by atoms with E-state index in [2.05, 4.69) is 7.05 Å². The van der Waals surface area contributed by atoms with Crippen molar-refractivity contribution < 1.29 is 9.64 Å². The van der Waals surface area contributed by atoms with Crippen LogP contribution >= 0.6 is 0 Å². The molecular formula is C7H16NO+. The SMILES string of the molecule is COCC1CCC[NH+]1C. The van der Waals surface area contributed by atoms with Crippen LogP contribution in [0, 0.1) is 0 Å². The maximum Gasteiger partial charge on any atom is 0.111 e. The fourth-order valence-corrected chi connectivity index (χ4v) is 1.50. The third-order valence-corrected chi connectivity index (χ3v) is 2.19. The predicted octanol–water partition coefficient (Wildman–Crippen LogP) is -0.690. The number of nitrogens with one attached hydrogen (secondary N) is 1. The van der Waals surface area contributed by atoms with Crippen LogP contribution in [-0.4, -0.2) is 33.4 Å². The number of hydrogen-bond acceptors (Lipinski definition) is 1. The zero-order valence-corrected chi connectivity index (χ0v) is 6.31. The Balaban J connectivity index is 2.22. The first-order chi connectivity index (χ1) is 4.34. The highest BCUT2D eigenvalue weighted by molar-refractivity contribution is 4.59. The van der Waals surface area contributed by atoms with Gasteiger partial charge in [0.15, 0.2) is 0 Å². The maximum absolute atomic E-state index is 5.08. The molecular weight excluding hydrogens is 114 g/mol. The summed E-state index contributed by atoms with van der Waals surface area (Å²) in [5, 5.41) is 0. The molecule has 2 nitrogen and oxygen atoms in total. The van der Waals surface area contributed by atoms with Gasteiger partial charge in [0.05, 0.1) is 20.2 Å². The van der Waals surface area contributed by atoms with Crippen molar-refractivity contribution in [2.45, 2.75) is 18.9 Å². The maximum atomic E-state index is 5.08. The van der Waals surface area contributed by atoms with Crippen LogP contribution in [0.4, 0.5) is 0 Å². The highest BCUT2D eigenvalue weighted by Gasteiger charge is 2.23. The van der Waals surface area contributed by atoms with E-state index in [4.69, 9.17) is 4.74 Å². The Labute approximate surface area is 56.8 Å². The van der Waals surface area contributed by atoms with Gasteiger partial charge in [0, 0.05) is 20.0 Å². The first-order valence-electron chi connectivity index (χ1n) is 3.66. The highest BCUT2D eigenvalue weighted by Crippen LogP contribution is 1.98. The van der Waals surface area contributed by atoms with Crippen LogP contribution < -0.4 is 4.90 Å². The molecule has 0 aromatic rings. The third-order valence-electron chi connectivity index (χ3n) is 2.19. The summed E-state index contributed by atoms with van der Waals surface area (Å²) in [5.41, 5.74) is 0. The fraction of sp³-hybridized carbons (Fsp3) is 1.00. The molecule has 0 aromatic carbocycles. The van der Waals surface area contributed by atoms with E-state index in [1.807, 2.05) is 0 Å². The first kappa shape index (κ1) is 7.03. The second-order valence-corrected chi connectivity index (χ2v) is 2.89. The van der Waals surface area contributed by atoms with Crippen molar-refractivity contribution in [3.8, 4) is 0 Å². The van der Waals surface area contributed by atoms with Gasteiger partial charge < -0.3 is 9.64 Å². The van der Waals surface area contributed by atoms with Crippen molar-refractivity contribution in [3.63, 3.8) is 0 Å². The van der Waals surface area contributed by atoms with Gasteiger partial charge in [0.25, 0.3) is 0 Å². The summed E-state index contributed by atoms with van der Waals surface area (Å²) in [6.45, 7) is 2.26. The van der Waals surface area contributed by atoms with Gasteiger partial charge in [-0.25, -0.2) is 0 Å². The Morgan fingerprint density at radius 3 is 2.89 bits per heavy atom. The molecule has 0 radical (unpaired) electrons. The number of quaternary nitrogens is 1. The summed E-state index contributed by atoms with van der Waals surface area (Å²) in [5.74, 6) is 0. The van der Waals surface area contributed by atoms with E-state index in [1.165, 1.54) is 19.4 Å². The zero-order chi connectivity index (χ0) is 6.69. The molecule has 54 valence electrons. The van der Waals surface area contributed by atoms with E-state index in [1.54, 1.807) is 12.0 Å². The van der Waals surface area contributed by atoms with Crippen molar-refractivity contribution >= 4 is 0 Å². The van der Waals surface area contributed by atoms with Crippen LogP contribution in [0.15, 0.2) is 0 Å². The minimum Gasteiger partial charge on any atom is -0.379 e. The average Bonchev–Trinajstić information content (AvgIpc) is 2.18. The lowest BCUT2D eigenvalue weighted by molar-refractivity contribution is -0.892. The Kier molecular flexibility index (Phi) is 2.49. The lowest BCUT2D eigenvalue weighted by atomic mass is 10.2. The van der Waals surface area contributed by atoms with Crippen LogP contribution in [-0.2, 0) is 4.74 Å². The molecule has 0 saturated carbocycles. The summed E-state index contributed by atoms with van der Waals surface area (Å²) in [7, 11) is 4.03. The molecule has 0 bridgehead atoms. The van der Waals surface area contributed by atoms with Crippen molar-refractivity contribution in [2.75, 3.05) is 27.3 Å². The molecule has 1 aliphatic rings. The summed E-state index contributed by atoms with van der Waals surface area (Å²) < 4.78 is 5.08. The van der Waals surface area contributed by atoms with Gasteiger partial charge in [-0.2, -0.15) is 0 Å². The minimum atomic E-state index is 0.773. The number of methoxy groups -OCH3 is 1. The number of likely N-dealkylation sites (tertiary alicyclic amines) is 1. The van der Waals surface area contributed by atoms with Gasteiger partial charge in [-0.3, -0.25) is 0 Å². The van der Waals surface area contributed by atoms with Crippen LogP contribution in [0.5, 0.6) is 0 Å². The molecule has 1 saturated heterocycles. The van der Waals surface area contributed by atoms with Crippen molar-refractivity contribution in [3.05, 3.63) is 0 Å². The number of rotatable bonds is 2. The lowest BCUT2D eigenvalue weighted by Crippen LogP contribution is -3.11. The normalized spacial score (nSPS) is 35.3. The molecule has 0 aliphatic carbocycles. The van der Waals surface area contributed by atoms with Crippen molar-refractivity contribution in [1.82, 2.24) is 0 Å². The van der Waals surface area contributed by atoms with Crippen molar-refractivity contribution in [1.29, 1.82) is 0 Å². The number of hydrogen-bond donors (Lipinski definition) is 1. The molecule has 0 amide bonds. The second kappa shape index (κ2) is 3.18. The molecule has 0 spiro atoms. The number of ether oxygens (including phenoxy) is 1. The largest absolute Gasteiger partial charge is 0.379 e. The van der Waals surface area contributed by atoms with Crippen LogP contribution in [0.25, 0.3) is 0 Å². The Morgan fingerprint density at radius 2 is 2.44 bits per heavy atom. The van der Waals surface area contributed by atoms with E-state index < -0.39 is 0 Å². The van der Waals surface area contributed by atoms with Crippen molar-refractivity contribution in [2.24, 2.45) is 0 Å². The third kappa shape index (κ3) is 1.66. The average molecular weight is 130 g/mol. The molecule has 2 heteroatoms. The standard InChI is InChI=1S/C7H15NO/c1-8-5-3-4-7(8)6-9-2/h7H,3-6H2,1-2H3/p+1. The highest BCUT2D eigenvalue weighted by atomic mass is 16.5. The molecule has 1 fully saturated rings. The summed E-state index contributed by atoms with van der Waals surface area (Å²) in [4.78, 5) is 1.64. The Morgan fingerprint density at radius 1 is 1.67 bits per heavy atom. The molecule has 1 aliphatic heterocycles. The van der Waals surface area contributed by atoms with E-state index in [0.29, 0.717) is 0 Å². The zero-order valence-electron chi connectivity index (χ0n) is 6.31. The molecule has 0 aromatic heterocycles. The smallest absolute Gasteiger partial charge is 0.111 e. The minimum absolute atomic E-state index is 0.773. The number of likely N-dealkylation sites (N-methyl/N-ethyl adjacent to an activating group) is 1. The van der Waals surface area contributed by atoms with Crippen LogP contribution in [0.1, 0.15) is 12.8 Å². The quantitative estimate of drug-likeness (QED) is 0.522. The summed E-state index contributed by atoms with van der Waals surface area (Å²) in [6, 6.07) is 0.773. The van der Waals surface area contributed by atoms with E-state index >= 15 is 0 Å². The summed E-state index contributed by atoms with van der Waals surface area (Å²) in [6.07, 6.45) is 2.72. The van der Waals surface area contributed by atoms with E-state index in [-0.39, 0.29) is 0 Å². The van der Waals surface area contributed by atoms with Gasteiger partial charge in [0.1, 0.15) is 6.04 Å². The molecule has 1 rings (SSSR count). The van der Waals surface area contributed by atoms with E-state index in [0.717, 1.165) is 12.6 Å². The lowest BCUT2D eigenvalue weighted by Gasteiger charge is -2.14. The molecule has 1 N–H and O–H groups in total.